The van der Waals surface area contributed by atoms with E-state index in [1.54, 1.807) is 27.7 Å². The molecule has 0 aliphatic heterocycles. The minimum Gasteiger partial charge on any atom is -0.443 e. The van der Waals surface area contributed by atoms with Crippen molar-refractivity contribution in [2.75, 3.05) is 0 Å². The van der Waals surface area contributed by atoms with Gasteiger partial charge >= 0.3 is 17.8 Å². The monoisotopic (exact) mass is 513 g/mol. The second-order valence-corrected chi connectivity index (χ2v) is 11.4. The average Bonchev–Trinajstić information content (AvgIpc) is 3.45. The number of nitrogens with two attached hydrogens (primary N) is 1. The van der Waals surface area contributed by atoms with Crippen molar-refractivity contribution >= 4 is 33.7 Å². The van der Waals surface area contributed by atoms with Gasteiger partial charge in [0.15, 0.2) is 0 Å². The Labute approximate surface area is 203 Å². The first-order chi connectivity index (χ1) is 16.2. The van der Waals surface area contributed by atoms with E-state index >= 15 is 0 Å². The molecule has 0 unspecified atom stereocenters. The van der Waals surface area contributed by atoms with Crippen molar-refractivity contribution in [1.82, 2.24) is 19.6 Å². The Bertz CT molecular complexity index is 1300. The first-order valence-corrected chi connectivity index (χ1v) is 12.2. The number of aromatic nitrogens is 2. The molecule has 2 aromatic rings. The van der Waals surface area contributed by atoms with Gasteiger partial charge in [0, 0.05) is 30.3 Å². The van der Waals surface area contributed by atoms with Crippen molar-refractivity contribution in [3.8, 4) is 0 Å². The number of alkyl halides is 2. The predicted molar refractivity (Wildman–Crippen MR) is 126 cm³/mol. The summed E-state index contributed by atoms with van der Waals surface area (Å²) in [6.07, 6.45) is -0.0960. The van der Waals surface area contributed by atoms with Crippen LogP contribution in [0.2, 0.25) is 0 Å². The lowest BCUT2D eigenvalue weighted by Crippen LogP contribution is -2.49. The van der Waals surface area contributed by atoms with Crippen molar-refractivity contribution in [2.24, 2.45) is 11.7 Å². The molecule has 0 saturated heterocycles. The molecule has 35 heavy (non-hydrogen) atoms. The topological polar surface area (TPSA) is 129 Å². The van der Waals surface area contributed by atoms with Gasteiger partial charge in [0.1, 0.15) is 10.4 Å². The molecule has 3 N–H and O–H groups in total. The summed E-state index contributed by atoms with van der Waals surface area (Å²) >= 11 is 1.10. The zero-order chi connectivity index (χ0) is 25.9. The number of thiophene rings is 1. The Hall–Kier alpha value is -2.96. The number of rotatable bonds is 5. The van der Waals surface area contributed by atoms with E-state index < -0.39 is 34.9 Å². The number of fused-ring (bicyclic) bond motifs is 1. The summed E-state index contributed by atoms with van der Waals surface area (Å²) in [6, 6.07) is -1.15. The lowest BCUT2D eigenvalue weighted by Gasteiger charge is -2.35. The van der Waals surface area contributed by atoms with E-state index in [9.17, 15) is 28.0 Å². The standard InChI is InChI=1S/C22H29F2N5O5S/c1-11-14(10-28(18(25)31)26-19(32)34-21(2,3)4)35-17-15(11)16(30)29(13-5-6-13)20(33)27(17)9-12-7-22(23,24)8-12/h12-13H,5-10H2,1-4H3,(H2,25,31)(H,26,32). The third-order valence-corrected chi connectivity index (χ3v) is 7.36. The van der Waals surface area contributed by atoms with Crippen LogP contribution in [0.25, 0.3) is 10.2 Å². The highest BCUT2D eigenvalue weighted by atomic mass is 32.1. The number of hydrogen-bond donors (Lipinski definition) is 2. The molecule has 0 radical (unpaired) electrons. The number of amides is 3. The number of halogens is 2. The first-order valence-electron chi connectivity index (χ1n) is 11.4. The van der Waals surface area contributed by atoms with Crippen molar-refractivity contribution < 1.29 is 23.1 Å². The molecule has 2 saturated carbocycles. The Morgan fingerprint density at radius 1 is 1.26 bits per heavy atom. The SMILES string of the molecule is Cc1c(CN(NC(=O)OC(C)(C)C)C(N)=O)sc2c1c(=O)n(C1CC1)c(=O)n2CC1CC(F)(F)C1. The number of aryl methyl sites for hydroxylation is 1. The van der Waals surface area contributed by atoms with E-state index in [0.29, 0.717) is 33.5 Å². The number of urea groups is 1. The van der Waals surface area contributed by atoms with Crippen LogP contribution in [-0.2, 0) is 17.8 Å². The maximum Gasteiger partial charge on any atom is 0.426 e. The quantitative estimate of drug-likeness (QED) is 0.593. The maximum atomic E-state index is 13.4. The van der Waals surface area contributed by atoms with Gasteiger partial charge in [0.2, 0.25) is 5.92 Å². The number of carbonyl (C=O) groups excluding carboxylic acids is 2. The van der Waals surface area contributed by atoms with Gasteiger partial charge in [-0.05, 0) is 52.0 Å². The molecule has 2 aromatic heterocycles. The molecule has 4 rings (SSSR count). The van der Waals surface area contributed by atoms with Gasteiger partial charge in [-0.15, -0.1) is 11.3 Å². The summed E-state index contributed by atoms with van der Waals surface area (Å²) < 4.78 is 34.7. The number of hydrazine groups is 1. The molecule has 3 amide bonds. The van der Waals surface area contributed by atoms with Gasteiger partial charge in [-0.25, -0.2) is 33.6 Å². The molecule has 2 heterocycles. The summed E-state index contributed by atoms with van der Waals surface area (Å²) in [5.41, 5.74) is 6.53. The zero-order valence-corrected chi connectivity index (χ0v) is 20.8. The van der Waals surface area contributed by atoms with Crippen molar-refractivity contribution in [2.45, 2.75) is 84.0 Å². The number of primary amides is 1. The molecule has 13 heteroatoms. The fourth-order valence-electron chi connectivity index (χ4n) is 4.28. The predicted octanol–water partition coefficient (Wildman–Crippen LogP) is 3.23. The highest BCUT2D eigenvalue weighted by Crippen LogP contribution is 2.43. The average molecular weight is 514 g/mol. The number of nitrogens with zero attached hydrogens (tertiary/aromatic N) is 3. The lowest BCUT2D eigenvalue weighted by molar-refractivity contribution is -0.114. The van der Waals surface area contributed by atoms with Crippen LogP contribution in [0, 0.1) is 12.8 Å². The van der Waals surface area contributed by atoms with Crippen LogP contribution in [0.5, 0.6) is 0 Å². The number of hydrogen-bond acceptors (Lipinski definition) is 6. The molecule has 0 bridgehead atoms. The van der Waals surface area contributed by atoms with Crippen molar-refractivity contribution in [3.05, 3.63) is 31.3 Å². The van der Waals surface area contributed by atoms with Gasteiger partial charge < -0.3 is 10.5 Å². The highest BCUT2D eigenvalue weighted by Gasteiger charge is 2.45. The molecule has 0 atom stereocenters. The fourth-order valence-corrected chi connectivity index (χ4v) is 5.56. The third-order valence-electron chi connectivity index (χ3n) is 6.06. The van der Waals surface area contributed by atoms with Crippen LogP contribution in [0.3, 0.4) is 0 Å². The van der Waals surface area contributed by atoms with E-state index in [0.717, 1.165) is 16.3 Å². The molecular formula is C22H29F2N5O5S. The highest BCUT2D eigenvalue weighted by molar-refractivity contribution is 7.18. The number of ether oxygens (including phenoxy) is 1. The molecule has 2 aliphatic carbocycles. The van der Waals surface area contributed by atoms with Gasteiger partial charge in [-0.2, -0.15) is 0 Å². The first kappa shape index (κ1) is 25.1. The van der Waals surface area contributed by atoms with E-state index in [1.807, 2.05) is 0 Å². The molecular weight excluding hydrogens is 484 g/mol. The van der Waals surface area contributed by atoms with Crippen molar-refractivity contribution in [1.29, 1.82) is 0 Å². The molecule has 2 fully saturated rings. The van der Waals surface area contributed by atoms with Crippen molar-refractivity contribution in [3.63, 3.8) is 0 Å². The van der Waals surface area contributed by atoms with Crippen LogP contribution < -0.4 is 22.4 Å². The second-order valence-electron chi connectivity index (χ2n) is 10.3. The summed E-state index contributed by atoms with van der Waals surface area (Å²) in [4.78, 5) is 51.6. The van der Waals surface area contributed by atoms with Crippen LogP contribution in [0.4, 0.5) is 18.4 Å². The lowest BCUT2D eigenvalue weighted by atomic mass is 9.81. The molecule has 0 spiro atoms. The van der Waals surface area contributed by atoms with Gasteiger partial charge in [0.05, 0.1) is 11.9 Å². The Balaban J connectivity index is 1.72. The van der Waals surface area contributed by atoms with Gasteiger partial charge in [-0.1, -0.05) is 0 Å². The molecule has 0 aromatic carbocycles. The van der Waals surface area contributed by atoms with Crippen LogP contribution in [-0.4, -0.2) is 37.8 Å². The molecule has 2 aliphatic rings. The van der Waals surface area contributed by atoms with E-state index in [4.69, 9.17) is 10.5 Å². The van der Waals surface area contributed by atoms with E-state index in [2.05, 4.69) is 5.43 Å². The largest absolute Gasteiger partial charge is 0.443 e. The fraction of sp³-hybridized carbons (Fsp3) is 0.636. The van der Waals surface area contributed by atoms with E-state index in [1.165, 1.54) is 9.13 Å². The van der Waals surface area contributed by atoms with Gasteiger partial charge in [-0.3, -0.25) is 13.9 Å². The minimum atomic E-state index is -2.73. The molecule has 192 valence electrons. The van der Waals surface area contributed by atoms with Crippen LogP contribution in [0.1, 0.15) is 62.9 Å². The Kier molecular flexibility index (Phi) is 6.18. The number of carbonyl (C=O) groups is 2. The number of nitrogens with one attached hydrogen (secondary N) is 1. The summed E-state index contributed by atoms with van der Waals surface area (Å²) in [5.74, 6) is -3.11. The maximum absolute atomic E-state index is 13.4. The molecule has 10 nitrogen and oxygen atoms in total. The Morgan fingerprint density at radius 3 is 2.40 bits per heavy atom. The van der Waals surface area contributed by atoms with Gasteiger partial charge in [0.25, 0.3) is 5.56 Å². The summed E-state index contributed by atoms with van der Waals surface area (Å²) in [5, 5.41) is 1.17. The second kappa shape index (κ2) is 8.61. The van der Waals surface area contributed by atoms with E-state index in [-0.39, 0.29) is 37.9 Å². The smallest absolute Gasteiger partial charge is 0.426 e. The van der Waals surface area contributed by atoms with Crippen LogP contribution >= 0.6 is 11.3 Å². The normalized spacial score (nSPS) is 17.8. The third kappa shape index (κ3) is 5.19. The summed E-state index contributed by atoms with van der Waals surface area (Å²) in [7, 11) is 0. The minimum absolute atomic E-state index is 0.0764. The zero-order valence-electron chi connectivity index (χ0n) is 20.0. The van der Waals surface area contributed by atoms with Crippen LogP contribution in [0.15, 0.2) is 9.59 Å². The summed E-state index contributed by atoms with van der Waals surface area (Å²) in [6.45, 7) is 6.59. The Morgan fingerprint density at radius 2 is 1.89 bits per heavy atom.